The highest BCUT2D eigenvalue weighted by Crippen LogP contribution is 2.34. The van der Waals surface area contributed by atoms with Gasteiger partial charge in [0.2, 0.25) is 5.91 Å². The van der Waals surface area contributed by atoms with Crippen molar-refractivity contribution in [2.45, 2.75) is 44.4 Å². The summed E-state index contributed by atoms with van der Waals surface area (Å²) in [6, 6.07) is 14.4. The molecule has 2 aromatic rings. The Bertz CT molecular complexity index is 905. The van der Waals surface area contributed by atoms with E-state index in [-0.39, 0.29) is 6.10 Å². The summed E-state index contributed by atoms with van der Waals surface area (Å²) in [5.74, 6) is -0.680. The van der Waals surface area contributed by atoms with Crippen molar-refractivity contribution in [3.05, 3.63) is 60.4 Å². The molecule has 2 aliphatic rings. The standard InChI is InChI=1S/C22H26N2O2.C2HF3O2/c25-22(14-18-8-9-18)24-12-10-21(26-20-7-4-11-23-15-20)19(16-24)13-17-5-2-1-3-6-17;3-2(4,5)1(6)7/h1-7,11,15,18-19,21H,8-10,12-14,16H2;(H,6,7)/t19-,21-;/m0./s1. The van der Waals surface area contributed by atoms with Crippen molar-refractivity contribution in [2.75, 3.05) is 13.1 Å². The molecule has 1 aromatic carbocycles. The minimum absolute atomic E-state index is 0.115. The van der Waals surface area contributed by atoms with Crippen LogP contribution in [0.2, 0.25) is 0 Å². The third kappa shape index (κ3) is 8.07. The highest BCUT2D eigenvalue weighted by atomic mass is 19.4. The molecule has 6 nitrogen and oxygen atoms in total. The van der Waals surface area contributed by atoms with Gasteiger partial charge in [-0.05, 0) is 42.9 Å². The quantitative estimate of drug-likeness (QED) is 0.688. The number of likely N-dealkylation sites (tertiary alicyclic amines) is 1. The van der Waals surface area contributed by atoms with Crippen molar-refractivity contribution in [1.29, 1.82) is 0 Å². The Morgan fingerprint density at radius 2 is 1.79 bits per heavy atom. The zero-order chi connectivity index (χ0) is 23.8. The number of pyridine rings is 1. The largest absolute Gasteiger partial charge is 0.490 e. The topological polar surface area (TPSA) is 79.7 Å². The zero-order valence-corrected chi connectivity index (χ0v) is 18.1. The van der Waals surface area contributed by atoms with E-state index in [2.05, 4.69) is 34.1 Å². The number of ether oxygens (including phenoxy) is 1. The highest BCUT2D eigenvalue weighted by Gasteiger charge is 2.38. The van der Waals surface area contributed by atoms with E-state index >= 15 is 0 Å². The fraction of sp³-hybridized carbons (Fsp3) is 0.458. The number of carbonyl (C=O) groups excluding carboxylic acids is 1. The van der Waals surface area contributed by atoms with Crippen LogP contribution >= 0.6 is 0 Å². The number of halogens is 3. The van der Waals surface area contributed by atoms with Crippen LogP contribution in [0.4, 0.5) is 13.2 Å². The van der Waals surface area contributed by atoms with Gasteiger partial charge in [-0.25, -0.2) is 4.79 Å². The number of carboxylic acid groups (broad SMARTS) is 1. The molecule has 0 unspecified atom stereocenters. The molecule has 9 heteroatoms. The van der Waals surface area contributed by atoms with Crippen LogP contribution in [-0.2, 0) is 16.0 Å². The smallest absolute Gasteiger partial charge is 0.488 e. The molecule has 1 amide bonds. The number of hydrogen-bond acceptors (Lipinski definition) is 4. The molecule has 2 fully saturated rings. The number of carboxylic acids is 1. The van der Waals surface area contributed by atoms with Crippen LogP contribution in [0.3, 0.4) is 0 Å². The average Bonchev–Trinajstić information content (AvgIpc) is 3.60. The van der Waals surface area contributed by atoms with E-state index in [1.54, 1.807) is 12.4 Å². The number of carbonyl (C=O) groups is 2. The molecular weight excluding hydrogens is 437 g/mol. The van der Waals surface area contributed by atoms with Crippen LogP contribution in [0.25, 0.3) is 0 Å². The molecule has 1 saturated heterocycles. The molecule has 0 bridgehead atoms. The lowest BCUT2D eigenvalue weighted by molar-refractivity contribution is -0.192. The van der Waals surface area contributed by atoms with E-state index in [1.807, 2.05) is 18.2 Å². The first kappa shape index (κ1) is 24.5. The van der Waals surface area contributed by atoms with E-state index in [1.165, 1.54) is 18.4 Å². The maximum absolute atomic E-state index is 12.6. The number of hydrogen-bond donors (Lipinski definition) is 1. The van der Waals surface area contributed by atoms with E-state index < -0.39 is 12.1 Å². The first-order valence-electron chi connectivity index (χ1n) is 10.9. The summed E-state index contributed by atoms with van der Waals surface area (Å²) in [4.78, 5) is 27.7. The summed E-state index contributed by atoms with van der Waals surface area (Å²) < 4.78 is 38.0. The molecular formula is C24H27F3N2O4. The molecule has 1 saturated carbocycles. The first-order chi connectivity index (χ1) is 15.7. The third-order valence-electron chi connectivity index (χ3n) is 5.68. The van der Waals surface area contributed by atoms with Crippen LogP contribution in [0.1, 0.15) is 31.2 Å². The fourth-order valence-electron chi connectivity index (χ4n) is 3.79. The van der Waals surface area contributed by atoms with Crippen molar-refractivity contribution < 1.29 is 32.6 Å². The lowest BCUT2D eigenvalue weighted by Gasteiger charge is -2.38. The van der Waals surface area contributed by atoms with Crippen molar-refractivity contribution >= 4 is 11.9 Å². The van der Waals surface area contributed by atoms with Crippen molar-refractivity contribution in [2.24, 2.45) is 11.8 Å². The van der Waals surface area contributed by atoms with Crippen molar-refractivity contribution in [3.63, 3.8) is 0 Å². The second kappa shape index (κ2) is 11.2. The molecule has 33 heavy (non-hydrogen) atoms. The van der Waals surface area contributed by atoms with Gasteiger partial charge in [-0.1, -0.05) is 30.3 Å². The lowest BCUT2D eigenvalue weighted by Crippen LogP contribution is -2.48. The Balaban J connectivity index is 0.000000383. The van der Waals surface area contributed by atoms with Gasteiger partial charge in [0, 0.05) is 38.0 Å². The van der Waals surface area contributed by atoms with Crippen LogP contribution in [0, 0.1) is 11.8 Å². The highest BCUT2D eigenvalue weighted by molar-refractivity contribution is 5.77. The summed E-state index contributed by atoms with van der Waals surface area (Å²) in [6.07, 6.45) is 3.54. The van der Waals surface area contributed by atoms with E-state index in [9.17, 15) is 18.0 Å². The predicted octanol–water partition coefficient (Wildman–Crippen LogP) is 4.35. The van der Waals surface area contributed by atoms with Gasteiger partial charge >= 0.3 is 12.1 Å². The molecule has 0 spiro atoms. The fourth-order valence-corrected chi connectivity index (χ4v) is 3.79. The van der Waals surface area contributed by atoms with Gasteiger partial charge in [0.05, 0.1) is 6.20 Å². The first-order valence-corrected chi connectivity index (χ1v) is 10.9. The van der Waals surface area contributed by atoms with Gasteiger partial charge in [0.1, 0.15) is 11.9 Å². The minimum Gasteiger partial charge on any atom is -0.488 e. The summed E-state index contributed by atoms with van der Waals surface area (Å²) in [6.45, 7) is 1.58. The average molecular weight is 464 g/mol. The Morgan fingerprint density at radius 1 is 1.09 bits per heavy atom. The maximum Gasteiger partial charge on any atom is 0.490 e. The number of benzene rings is 1. The molecule has 2 atom stereocenters. The van der Waals surface area contributed by atoms with E-state index in [0.717, 1.165) is 38.1 Å². The lowest BCUT2D eigenvalue weighted by atomic mass is 9.88. The number of nitrogens with zero attached hydrogens (tertiary/aromatic N) is 2. The summed E-state index contributed by atoms with van der Waals surface area (Å²) >= 11 is 0. The van der Waals surface area contributed by atoms with Crippen LogP contribution in [0.5, 0.6) is 5.75 Å². The Labute approximate surface area is 190 Å². The summed E-state index contributed by atoms with van der Waals surface area (Å²) in [7, 11) is 0. The zero-order valence-electron chi connectivity index (χ0n) is 18.1. The second-order valence-electron chi connectivity index (χ2n) is 8.37. The molecule has 2 heterocycles. The molecule has 1 aliphatic heterocycles. The molecule has 178 valence electrons. The van der Waals surface area contributed by atoms with Gasteiger partial charge in [0.15, 0.2) is 0 Å². The predicted molar refractivity (Wildman–Crippen MR) is 115 cm³/mol. The molecule has 1 aromatic heterocycles. The number of alkyl halides is 3. The Kier molecular flexibility index (Phi) is 8.30. The number of aromatic nitrogens is 1. The second-order valence-corrected chi connectivity index (χ2v) is 8.37. The van der Waals surface area contributed by atoms with Gasteiger partial charge in [-0.2, -0.15) is 13.2 Å². The van der Waals surface area contributed by atoms with Gasteiger partial charge in [0.25, 0.3) is 0 Å². The third-order valence-corrected chi connectivity index (χ3v) is 5.68. The number of aliphatic carboxylic acids is 1. The van der Waals surface area contributed by atoms with Crippen molar-refractivity contribution in [1.82, 2.24) is 9.88 Å². The summed E-state index contributed by atoms with van der Waals surface area (Å²) in [5, 5.41) is 7.12. The normalized spacial score (nSPS) is 20.4. The van der Waals surface area contributed by atoms with Crippen LogP contribution in [-0.4, -0.2) is 52.2 Å². The molecule has 4 rings (SSSR count). The van der Waals surface area contributed by atoms with E-state index in [4.69, 9.17) is 14.6 Å². The van der Waals surface area contributed by atoms with Gasteiger partial charge in [-0.15, -0.1) is 0 Å². The molecule has 1 aliphatic carbocycles. The summed E-state index contributed by atoms with van der Waals surface area (Å²) in [5.41, 5.74) is 1.30. The van der Waals surface area contributed by atoms with Crippen molar-refractivity contribution in [3.8, 4) is 5.75 Å². The minimum atomic E-state index is -5.08. The van der Waals surface area contributed by atoms with Gasteiger partial charge < -0.3 is 14.7 Å². The Hall–Kier alpha value is -3.10. The SMILES string of the molecule is O=C(CC1CC1)N1CC[C@H](Oc2cccnc2)[C@@H](Cc2ccccc2)C1.O=C(O)C(F)(F)F. The van der Waals surface area contributed by atoms with Crippen LogP contribution < -0.4 is 4.74 Å². The molecule has 0 radical (unpaired) electrons. The number of piperidine rings is 1. The maximum atomic E-state index is 12.6. The Morgan fingerprint density at radius 3 is 2.36 bits per heavy atom. The van der Waals surface area contributed by atoms with Gasteiger partial charge in [-0.3, -0.25) is 9.78 Å². The molecule has 1 N–H and O–H groups in total. The van der Waals surface area contributed by atoms with Crippen LogP contribution in [0.15, 0.2) is 54.9 Å². The number of rotatable bonds is 6. The monoisotopic (exact) mass is 464 g/mol. The number of amides is 1. The van der Waals surface area contributed by atoms with E-state index in [0.29, 0.717) is 17.7 Å².